The Labute approximate surface area is 135 Å². The number of carbonyl (C=O) groups excluding carboxylic acids is 2. The first-order chi connectivity index (χ1) is 10.5. The van der Waals surface area contributed by atoms with Crippen molar-refractivity contribution in [3.63, 3.8) is 0 Å². The molecule has 2 aromatic rings. The Kier molecular flexibility index (Phi) is 5.11. The van der Waals surface area contributed by atoms with Crippen molar-refractivity contribution < 1.29 is 14.3 Å². The lowest BCUT2D eigenvalue weighted by Crippen LogP contribution is -2.30. The van der Waals surface area contributed by atoms with E-state index in [0.717, 1.165) is 4.47 Å². The summed E-state index contributed by atoms with van der Waals surface area (Å²) in [6.07, 6.45) is 0.682. The van der Waals surface area contributed by atoms with E-state index in [0.29, 0.717) is 11.4 Å². The third kappa shape index (κ3) is 4.29. The van der Waals surface area contributed by atoms with Gasteiger partial charge in [-0.15, -0.1) is 0 Å². The van der Waals surface area contributed by atoms with E-state index in [-0.39, 0.29) is 11.6 Å². The molecule has 0 aliphatic rings. The van der Waals surface area contributed by atoms with Crippen molar-refractivity contribution in [3.8, 4) is 5.75 Å². The Morgan fingerprint density at radius 1 is 1.23 bits per heavy atom. The van der Waals surface area contributed by atoms with Gasteiger partial charge in [-0.05, 0) is 43.3 Å². The highest BCUT2D eigenvalue weighted by Gasteiger charge is 2.15. The number of rotatable bonds is 5. The molecular formula is C15H14BrN3O3. The van der Waals surface area contributed by atoms with E-state index in [1.807, 2.05) is 12.1 Å². The molecule has 1 aromatic carbocycles. The first kappa shape index (κ1) is 16.0. The summed E-state index contributed by atoms with van der Waals surface area (Å²) in [5.74, 6) is -0.352. The van der Waals surface area contributed by atoms with Crippen LogP contribution in [-0.4, -0.2) is 22.9 Å². The molecule has 0 unspecified atom stereocenters. The number of benzene rings is 1. The molecule has 0 aliphatic carbocycles. The van der Waals surface area contributed by atoms with Crippen molar-refractivity contribution in [1.82, 2.24) is 4.98 Å². The van der Waals surface area contributed by atoms with Crippen molar-refractivity contribution in [2.45, 2.75) is 13.0 Å². The van der Waals surface area contributed by atoms with Crippen LogP contribution in [0, 0.1) is 0 Å². The second-order valence-electron chi connectivity index (χ2n) is 4.50. The molecule has 0 saturated heterocycles. The van der Waals surface area contributed by atoms with Crippen LogP contribution in [0.4, 0.5) is 5.69 Å². The number of primary amides is 1. The fraction of sp³-hybridized carbons (Fsp3) is 0.133. The molecule has 0 bridgehead atoms. The number of amides is 2. The maximum Gasteiger partial charge on any atom is 0.267 e. The zero-order valence-electron chi connectivity index (χ0n) is 11.7. The summed E-state index contributed by atoms with van der Waals surface area (Å²) in [5, 5.41) is 2.65. The highest BCUT2D eigenvalue weighted by atomic mass is 79.9. The average molecular weight is 364 g/mol. The van der Waals surface area contributed by atoms with Crippen LogP contribution in [0.3, 0.4) is 0 Å². The smallest absolute Gasteiger partial charge is 0.267 e. The van der Waals surface area contributed by atoms with Gasteiger partial charge in [0.1, 0.15) is 11.4 Å². The Morgan fingerprint density at radius 2 is 1.91 bits per heavy atom. The zero-order chi connectivity index (χ0) is 16.1. The Morgan fingerprint density at radius 3 is 2.45 bits per heavy atom. The van der Waals surface area contributed by atoms with Crippen molar-refractivity contribution in [3.05, 3.63) is 52.8 Å². The maximum absolute atomic E-state index is 12.0. The van der Waals surface area contributed by atoms with Crippen LogP contribution in [0.2, 0.25) is 0 Å². The molecule has 0 fully saturated rings. The van der Waals surface area contributed by atoms with Gasteiger partial charge in [-0.1, -0.05) is 15.9 Å². The number of hydrogen-bond acceptors (Lipinski definition) is 4. The van der Waals surface area contributed by atoms with E-state index in [9.17, 15) is 9.59 Å². The number of nitrogens with zero attached hydrogens (tertiary/aromatic N) is 1. The predicted octanol–water partition coefficient (Wildman–Crippen LogP) is 2.35. The Bertz CT molecular complexity index is 671. The summed E-state index contributed by atoms with van der Waals surface area (Å²) >= 11 is 3.33. The molecular weight excluding hydrogens is 350 g/mol. The first-order valence-corrected chi connectivity index (χ1v) is 7.24. The summed E-state index contributed by atoms with van der Waals surface area (Å²) in [4.78, 5) is 26.8. The minimum Gasteiger partial charge on any atom is -0.481 e. The van der Waals surface area contributed by atoms with Gasteiger partial charge >= 0.3 is 0 Å². The highest BCUT2D eigenvalue weighted by molar-refractivity contribution is 9.10. The number of pyridine rings is 1. The van der Waals surface area contributed by atoms with E-state index in [1.165, 1.54) is 12.3 Å². The minimum atomic E-state index is -0.683. The van der Waals surface area contributed by atoms with Gasteiger partial charge in [-0.3, -0.25) is 9.59 Å². The fourth-order valence-corrected chi connectivity index (χ4v) is 1.89. The van der Waals surface area contributed by atoms with Crippen LogP contribution in [0.25, 0.3) is 0 Å². The van der Waals surface area contributed by atoms with E-state index < -0.39 is 12.0 Å². The second-order valence-corrected chi connectivity index (χ2v) is 5.42. The Balaban J connectivity index is 1.95. The molecule has 1 aromatic heterocycles. The van der Waals surface area contributed by atoms with Crippen LogP contribution in [0.15, 0.2) is 47.1 Å². The van der Waals surface area contributed by atoms with Crippen LogP contribution >= 0.6 is 15.9 Å². The number of halogens is 1. The molecule has 2 amide bonds. The number of carbonyl (C=O) groups is 2. The molecule has 22 heavy (non-hydrogen) atoms. The lowest BCUT2D eigenvalue weighted by Gasteiger charge is -2.14. The van der Waals surface area contributed by atoms with Gasteiger partial charge in [0.15, 0.2) is 6.10 Å². The van der Waals surface area contributed by atoms with E-state index in [4.69, 9.17) is 10.5 Å². The molecule has 1 heterocycles. The van der Waals surface area contributed by atoms with Gasteiger partial charge in [0.05, 0.1) is 11.9 Å². The highest BCUT2D eigenvalue weighted by Crippen LogP contribution is 2.17. The predicted molar refractivity (Wildman–Crippen MR) is 85.6 cm³/mol. The molecule has 0 aliphatic heterocycles. The monoisotopic (exact) mass is 363 g/mol. The van der Waals surface area contributed by atoms with Crippen molar-refractivity contribution in [1.29, 1.82) is 0 Å². The molecule has 7 heteroatoms. The molecule has 3 N–H and O–H groups in total. The van der Waals surface area contributed by atoms with Crippen molar-refractivity contribution in [2.24, 2.45) is 5.73 Å². The van der Waals surface area contributed by atoms with Gasteiger partial charge in [-0.25, -0.2) is 4.98 Å². The summed E-state index contributed by atoms with van der Waals surface area (Å²) in [6.45, 7) is 1.64. The SMILES string of the molecule is C[C@@H](Oc1ccc(Br)cc1)C(=O)Nc1ccc(C(N)=O)nc1. The number of aromatic nitrogens is 1. The normalized spacial score (nSPS) is 11.5. The van der Waals surface area contributed by atoms with Gasteiger partial charge in [-0.2, -0.15) is 0 Å². The number of ether oxygens (including phenoxy) is 1. The molecule has 114 valence electrons. The number of hydrogen-bond donors (Lipinski definition) is 2. The average Bonchev–Trinajstić information content (AvgIpc) is 2.50. The lowest BCUT2D eigenvalue weighted by molar-refractivity contribution is -0.122. The molecule has 1 atom stereocenters. The first-order valence-electron chi connectivity index (χ1n) is 6.44. The van der Waals surface area contributed by atoms with Gasteiger partial charge in [0.2, 0.25) is 0 Å². The third-order valence-corrected chi connectivity index (χ3v) is 3.31. The van der Waals surface area contributed by atoms with E-state index >= 15 is 0 Å². The molecule has 0 saturated carbocycles. The van der Waals surface area contributed by atoms with Crippen LogP contribution in [0.5, 0.6) is 5.75 Å². The quantitative estimate of drug-likeness (QED) is 0.852. The summed E-state index contributed by atoms with van der Waals surface area (Å²) in [7, 11) is 0. The summed E-state index contributed by atoms with van der Waals surface area (Å²) in [5.41, 5.74) is 5.69. The number of nitrogens with one attached hydrogen (secondary N) is 1. The van der Waals surface area contributed by atoms with Crippen molar-refractivity contribution in [2.75, 3.05) is 5.32 Å². The zero-order valence-corrected chi connectivity index (χ0v) is 13.3. The second kappa shape index (κ2) is 7.04. The number of anilines is 1. The number of nitrogens with two attached hydrogens (primary N) is 1. The fourth-order valence-electron chi connectivity index (χ4n) is 1.63. The third-order valence-electron chi connectivity index (χ3n) is 2.78. The Hall–Kier alpha value is -2.41. The molecule has 6 nitrogen and oxygen atoms in total. The van der Waals surface area contributed by atoms with Crippen LogP contribution in [-0.2, 0) is 4.79 Å². The molecule has 0 spiro atoms. The van der Waals surface area contributed by atoms with Gasteiger partial charge < -0.3 is 15.8 Å². The lowest BCUT2D eigenvalue weighted by atomic mass is 10.3. The van der Waals surface area contributed by atoms with Crippen LogP contribution < -0.4 is 15.8 Å². The summed E-state index contributed by atoms with van der Waals surface area (Å²) < 4.78 is 6.47. The van der Waals surface area contributed by atoms with Crippen molar-refractivity contribution >= 4 is 33.4 Å². The summed E-state index contributed by atoms with van der Waals surface area (Å²) in [6, 6.07) is 10.2. The standard InChI is InChI=1S/C15H14BrN3O3/c1-9(22-12-5-2-10(16)3-6-12)15(21)19-11-4-7-13(14(17)20)18-8-11/h2-9H,1H3,(H2,17,20)(H,19,21)/t9-/m1/s1. The van der Waals surface area contributed by atoms with Crippen LogP contribution in [0.1, 0.15) is 17.4 Å². The van der Waals surface area contributed by atoms with E-state index in [1.54, 1.807) is 25.1 Å². The minimum absolute atomic E-state index is 0.136. The largest absolute Gasteiger partial charge is 0.481 e. The maximum atomic E-state index is 12.0. The van der Waals surface area contributed by atoms with E-state index in [2.05, 4.69) is 26.2 Å². The van der Waals surface area contributed by atoms with Gasteiger partial charge in [0.25, 0.3) is 11.8 Å². The molecule has 2 rings (SSSR count). The van der Waals surface area contributed by atoms with Gasteiger partial charge in [0, 0.05) is 4.47 Å². The molecule has 0 radical (unpaired) electrons. The topological polar surface area (TPSA) is 94.3 Å².